The maximum Gasteiger partial charge on any atom is 0.350 e. The van der Waals surface area contributed by atoms with Crippen molar-refractivity contribution in [1.29, 1.82) is 0 Å². The quantitative estimate of drug-likeness (QED) is 0.443. The minimum absolute atomic E-state index is 0.104. The lowest BCUT2D eigenvalue weighted by atomic mass is 10.2. The normalized spacial score (nSPS) is 12.6. The van der Waals surface area contributed by atoms with E-state index in [-0.39, 0.29) is 12.0 Å². The van der Waals surface area contributed by atoms with Gasteiger partial charge in [-0.05, 0) is 38.5 Å². The van der Waals surface area contributed by atoms with Crippen LogP contribution in [0.15, 0.2) is 29.3 Å². The molecule has 26 heavy (non-hydrogen) atoms. The number of nitrogens with zero attached hydrogens (tertiary/aromatic N) is 2. The number of nitrogens with one attached hydrogen (secondary N) is 2. The predicted octanol–water partition coefficient (Wildman–Crippen LogP) is 3.71. The van der Waals surface area contributed by atoms with E-state index in [0.29, 0.717) is 34.7 Å². The molecule has 1 aromatic heterocycles. The van der Waals surface area contributed by atoms with Gasteiger partial charge in [-0.2, -0.15) is 0 Å². The summed E-state index contributed by atoms with van der Waals surface area (Å²) in [6.07, 6.45) is 0. The van der Waals surface area contributed by atoms with Gasteiger partial charge in [-0.25, -0.2) is 9.78 Å². The molecule has 1 heterocycles. The fraction of sp³-hybridized carbons (Fsp3) is 0.389. The third-order valence-electron chi connectivity index (χ3n) is 3.57. The number of rotatable bonds is 6. The Bertz CT molecular complexity index is 791. The smallest absolute Gasteiger partial charge is 0.350 e. The van der Waals surface area contributed by atoms with E-state index in [4.69, 9.17) is 16.3 Å². The summed E-state index contributed by atoms with van der Waals surface area (Å²) in [5, 5.41) is 8.03. The Labute approximate surface area is 162 Å². The molecule has 0 aliphatic carbocycles. The first-order valence-corrected chi connectivity index (χ1v) is 9.50. The lowest BCUT2D eigenvalue weighted by Crippen LogP contribution is -2.38. The van der Waals surface area contributed by atoms with E-state index in [1.165, 1.54) is 11.3 Å². The summed E-state index contributed by atoms with van der Waals surface area (Å²) in [6, 6.07) is 7.54. The lowest BCUT2D eigenvalue weighted by molar-refractivity contribution is 0.0531. The number of aliphatic imine (C=N–C) groups is 1. The van der Waals surface area contributed by atoms with Gasteiger partial charge < -0.3 is 15.4 Å². The third kappa shape index (κ3) is 5.44. The van der Waals surface area contributed by atoms with Crippen molar-refractivity contribution in [2.75, 3.05) is 13.7 Å². The zero-order valence-corrected chi connectivity index (χ0v) is 16.9. The Morgan fingerprint density at radius 3 is 2.88 bits per heavy atom. The Morgan fingerprint density at radius 2 is 2.23 bits per heavy atom. The van der Waals surface area contributed by atoms with E-state index in [0.717, 1.165) is 10.6 Å². The average Bonchev–Trinajstić information content (AvgIpc) is 3.00. The summed E-state index contributed by atoms with van der Waals surface area (Å²) in [5.74, 6) is 0.312. The van der Waals surface area contributed by atoms with Crippen LogP contribution in [0, 0.1) is 6.92 Å². The third-order valence-corrected chi connectivity index (χ3v) is 5.13. The number of halogens is 1. The number of carbonyl (C=O) groups excluding carboxylic acids is 1. The molecule has 2 N–H and O–H groups in total. The van der Waals surface area contributed by atoms with Gasteiger partial charge in [0.1, 0.15) is 9.88 Å². The summed E-state index contributed by atoms with van der Waals surface area (Å²) < 4.78 is 5.07. The van der Waals surface area contributed by atoms with Crippen molar-refractivity contribution in [3.8, 4) is 0 Å². The van der Waals surface area contributed by atoms with Crippen LogP contribution in [-0.2, 0) is 11.3 Å². The SMILES string of the molecule is CCOC(=O)c1sc(C(C)NC(=NC)NCc2cccc(Cl)c2)nc1C. The summed E-state index contributed by atoms with van der Waals surface area (Å²) in [5.41, 5.74) is 1.74. The van der Waals surface area contributed by atoms with Crippen LogP contribution in [0.3, 0.4) is 0 Å². The molecule has 0 bridgehead atoms. The van der Waals surface area contributed by atoms with Crippen LogP contribution in [0.2, 0.25) is 5.02 Å². The van der Waals surface area contributed by atoms with Gasteiger partial charge in [0.15, 0.2) is 5.96 Å². The molecule has 0 amide bonds. The van der Waals surface area contributed by atoms with Crippen molar-refractivity contribution in [1.82, 2.24) is 15.6 Å². The van der Waals surface area contributed by atoms with E-state index in [2.05, 4.69) is 20.6 Å². The lowest BCUT2D eigenvalue weighted by Gasteiger charge is -2.16. The van der Waals surface area contributed by atoms with Crippen LogP contribution in [0.1, 0.15) is 45.8 Å². The molecule has 0 aliphatic rings. The summed E-state index contributed by atoms with van der Waals surface area (Å²) in [7, 11) is 1.71. The van der Waals surface area contributed by atoms with E-state index < -0.39 is 0 Å². The molecule has 0 spiro atoms. The van der Waals surface area contributed by atoms with Crippen LogP contribution in [0.5, 0.6) is 0 Å². The largest absolute Gasteiger partial charge is 0.462 e. The average molecular weight is 395 g/mol. The number of esters is 1. The Kier molecular flexibility index (Phi) is 7.41. The van der Waals surface area contributed by atoms with Gasteiger partial charge in [-0.1, -0.05) is 23.7 Å². The second-order valence-corrected chi connectivity index (χ2v) is 7.08. The van der Waals surface area contributed by atoms with E-state index in [1.807, 2.05) is 38.1 Å². The van der Waals surface area contributed by atoms with Gasteiger partial charge in [0.05, 0.1) is 18.3 Å². The number of aromatic nitrogens is 1. The van der Waals surface area contributed by atoms with Crippen molar-refractivity contribution < 1.29 is 9.53 Å². The second kappa shape index (κ2) is 9.54. The minimum Gasteiger partial charge on any atom is -0.462 e. The highest BCUT2D eigenvalue weighted by Crippen LogP contribution is 2.24. The molecule has 0 radical (unpaired) electrons. The number of hydrogen-bond donors (Lipinski definition) is 2. The van der Waals surface area contributed by atoms with Gasteiger partial charge in [0.25, 0.3) is 0 Å². The molecular formula is C18H23ClN4O2S. The highest BCUT2D eigenvalue weighted by atomic mass is 35.5. The van der Waals surface area contributed by atoms with Gasteiger partial charge in [0, 0.05) is 18.6 Å². The number of thiazole rings is 1. The van der Waals surface area contributed by atoms with Crippen LogP contribution >= 0.6 is 22.9 Å². The molecule has 0 saturated heterocycles. The number of guanidine groups is 1. The van der Waals surface area contributed by atoms with Crippen molar-refractivity contribution in [2.24, 2.45) is 4.99 Å². The van der Waals surface area contributed by atoms with Crippen molar-refractivity contribution >= 4 is 34.9 Å². The molecule has 140 valence electrons. The molecule has 8 heteroatoms. The first kappa shape index (κ1) is 20.2. The first-order chi connectivity index (χ1) is 12.4. The van der Waals surface area contributed by atoms with Gasteiger partial charge >= 0.3 is 5.97 Å². The minimum atomic E-state index is -0.329. The molecule has 2 aromatic rings. The predicted molar refractivity (Wildman–Crippen MR) is 106 cm³/mol. The van der Waals surface area contributed by atoms with E-state index >= 15 is 0 Å². The summed E-state index contributed by atoms with van der Waals surface area (Å²) >= 11 is 7.34. The topological polar surface area (TPSA) is 75.6 Å². The highest BCUT2D eigenvalue weighted by Gasteiger charge is 2.20. The summed E-state index contributed by atoms with van der Waals surface area (Å²) in [6.45, 7) is 6.51. The fourth-order valence-electron chi connectivity index (χ4n) is 2.28. The van der Waals surface area contributed by atoms with Crippen LogP contribution in [0.4, 0.5) is 0 Å². The van der Waals surface area contributed by atoms with Crippen molar-refractivity contribution in [3.63, 3.8) is 0 Å². The maximum absolute atomic E-state index is 11.9. The molecule has 1 unspecified atom stereocenters. The van der Waals surface area contributed by atoms with Gasteiger partial charge in [-0.3, -0.25) is 4.99 Å². The molecule has 0 aliphatic heterocycles. The van der Waals surface area contributed by atoms with E-state index in [1.54, 1.807) is 14.0 Å². The van der Waals surface area contributed by atoms with E-state index in [9.17, 15) is 4.79 Å². The number of benzene rings is 1. The van der Waals surface area contributed by atoms with Crippen LogP contribution in [0.25, 0.3) is 0 Å². The first-order valence-electron chi connectivity index (χ1n) is 8.30. The Morgan fingerprint density at radius 1 is 1.46 bits per heavy atom. The zero-order valence-electron chi connectivity index (χ0n) is 15.3. The van der Waals surface area contributed by atoms with Crippen molar-refractivity contribution in [2.45, 2.75) is 33.4 Å². The molecule has 0 saturated carbocycles. The molecule has 0 fully saturated rings. The molecule has 1 aromatic carbocycles. The molecule has 2 rings (SSSR count). The number of carbonyl (C=O) groups is 1. The number of hydrogen-bond acceptors (Lipinski definition) is 5. The van der Waals surface area contributed by atoms with Crippen molar-refractivity contribution in [3.05, 3.63) is 50.4 Å². The Hall–Kier alpha value is -2.12. The number of aryl methyl sites for hydroxylation is 1. The summed E-state index contributed by atoms with van der Waals surface area (Å²) in [4.78, 5) is 21.2. The fourth-order valence-corrected chi connectivity index (χ4v) is 3.46. The zero-order chi connectivity index (χ0) is 19.1. The molecular weight excluding hydrogens is 372 g/mol. The highest BCUT2D eigenvalue weighted by molar-refractivity contribution is 7.13. The van der Waals surface area contributed by atoms with Crippen LogP contribution < -0.4 is 10.6 Å². The van der Waals surface area contributed by atoms with Gasteiger partial charge in [-0.15, -0.1) is 11.3 Å². The Balaban J connectivity index is 1.99. The molecule has 6 nitrogen and oxygen atoms in total. The van der Waals surface area contributed by atoms with Crippen LogP contribution in [-0.4, -0.2) is 30.6 Å². The number of ether oxygens (including phenoxy) is 1. The second-order valence-electron chi connectivity index (χ2n) is 5.61. The maximum atomic E-state index is 11.9. The van der Waals surface area contributed by atoms with Gasteiger partial charge in [0.2, 0.25) is 0 Å². The monoisotopic (exact) mass is 394 g/mol. The standard InChI is InChI=1S/C18H23ClN4O2S/c1-5-25-17(24)15-11(2)22-16(26-15)12(3)23-18(20-4)21-10-13-7-6-8-14(19)9-13/h6-9,12H,5,10H2,1-4H3,(H2,20,21,23). The molecule has 1 atom stereocenters.